The van der Waals surface area contributed by atoms with Crippen molar-refractivity contribution in [3.63, 3.8) is 0 Å². The van der Waals surface area contributed by atoms with Gasteiger partial charge in [0.2, 0.25) is 0 Å². The molecule has 1 amide bonds. The largest absolute Gasteiger partial charge is 0.465 e. The normalized spacial score (nSPS) is 17.5. The van der Waals surface area contributed by atoms with E-state index in [1.54, 1.807) is 44.3 Å². The Hall–Kier alpha value is -4.57. The number of fused-ring (bicyclic) bond motifs is 2. The van der Waals surface area contributed by atoms with Crippen molar-refractivity contribution >= 4 is 40.4 Å². The number of carbonyl (C=O) groups excluding carboxylic acids is 3. The van der Waals surface area contributed by atoms with Gasteiger partial charge in [0.05, 0.1) is 41.2 Å². The number of amides is 1. The molecule has 0 saturated heterocycles. The van der Waals surface area contributed by atoms with Gasteiger partial charge in [-0.15, -0.1) is 0 Å². The molecule has 5 rings (SSSR count). The van der Waals surface area contributed by atoms with Crippen molar-refractivity contribution in [2.24, 2.45) is 4.99 Å². The first-order valence-electron chi connectivity index (χ1n) is 11.7. The molecule has 0 saturated carbocycles. The minimum atomic E-state index is -0.894. The van der Waals surface area contributed by atoms with E-state index >= 15 is 0 Å². The Kier molecular flexibility index (Phi) is 6.41. The fourth-order valence-corrected chi connectivity index (χ4v) is 5.81. The first kappa shape index (κ1) is 25.1. The molecule has 2 aromatic carbocycles. The molecule has 3 aromatic rings. The number of carbonyl (C=O) groups is 3. The van der Waals surface area contributed by atoms with Crippen LogP contribution < -0.4 is 19.8 Å². The second-order valence-electron chi connectivity index (χ2n) is 8.66. The second-order valence-corrected chi connectivity index (χ2v) is 9.64. The Balaban J connectivity index is 1.77. The summed E-state index contributed by atoms with van der Waals surface area (Å²) in [6.07, 6.45) is 1.45. The van der Waals surface area contributed by atoms with Crippen LogP contribution in [-0.2, 0) is 19.1 Å². The number of ether oxygens (including phenoxy) is 2. The van der Waals surface area contributed by atoms with E-state index in [0.717, 1.165) is 11.3 Å². The van der Waals surface area contributed by atoms with Crippen LogP contribution in [0.1, 0.15) is 34.5 Å². The zero-order chi connectivity index (χ0) is 27.1. The minimum Gasteiger partial charge on any atom is -0.465 e. The molecule has 192 valence electrons. The predicted molar refractivity (Wildman–Crippen MR) is 141 cm³/mol. The Labute approximate surface area is 221 Å². The van der Waals surface area contributed by atoms with Gasteiger partial charge >= 0.3 is 11.9 Å². The maximum absolute atomic E-state index is 14.0. The minimum absolute atomic E-state index is 0.0181. The Bertz CT molecular complexity index is 1730. The summed E-state index contributed by atoms with van der Waals surface area (Å²) >= 11 is 1.10. The third-order valence-corrected chi connectivity index (χ3v) is 7.53. The van der Waals surface area contributed by atoms with Crippen LogP contribution in [0.5, 0.6) is 0 Å². The molecule has 0 N–H and O–H groups in total. The zero-order valence-electron chi connectivity index (χ0n) is 20.9. The molecule has 1 atom stereocenters. The van der Waals surface area contributed by atoms with Crippen LogP contribution in [0.25, 0.3) is 5.57 Å². The van der Waals surface area contributed by atoms with Crippen LogP contribution >= 0.6 is 11.3 Å². The quantitative estimate of drug-likeness (QED) is 0.370. The van der Waals surface area contributed by atoms with Gasteiger partial charge in [0.15, 0.2) is 4.80 Å². The molecule has 0 bridgehead atoms. The van der Waals surface area contributed by atoms with E-state index in [9.17, 15) is 19.2 Å². The van der Waals surface area contributed by atoms with Gasteiger partial charge in [-0.1, -0.05) is 54.3 Å². The summed E-state index contributed by atoms with van der Waals surface area (Å²) in [5.41, 5.74) is 2.65. The number of thiazole rings is 1. The molecule has 2 aliphatic heterocycles. The summed E-state index contributed by atoms with van der Waals surface area (Å²) in [5.74, 6) is -1.45. The smallest absolute Gasteiger partial charge is 0.338 e. The molecule has 2 aliphatic rings. The number of hydrogen-bond donors (Lipinski definition) is 0. The van der Waals surface area contributed by atoms with Gasteiger partial charge in [0, 0.05) is 12.6 Å². The van der Waals surface area contributed by atoms with Crippen molar-refractivity contribution in [1.82, 2.24) is 4.57 Å². The number of aromatic nitrogens is 1. The lowest BCUT2D eigenvalue weighted by atomic mass is 9.95. The summed E-state index contributed by atoms with van der Waals surface area (Å²) in [7, 11) is 2.95. The standard InChI is InChI=1S/C28H23N3O6S/c1-5-14-37-27(35)20-15(2)29-28-31(22(20)16-10-12-17(13-11-16)26(34)36-4)25(33)23(38-28)21-18-8-6-7-9-19(18)30(3)24(21)32/h5-13,22H,1,14H2,2-4H3. The van der Waals surface area contributed by atoms with Crippen LogP contribution in [0, 0.1) is 0 Å². The molecule has 0 spiro atoms. The highest BCUT2D eigenvalue weighted by molar-refractivity contribution is 7.07. The zero-order valence-corrected chi connectivity index (χ0v) is 21.7. The number of rotatable bonds is 5. The van der Waals surface area contributed by atoms with Crippen molar-refractivity contribution in [3.05, 3.63) is 109 Å². The molecule has 9 nitrogen and oxygen atoms in total. The van der Waals surface area contributed by atoms with Crippen molar-refractivity contribution in [1.29, 1.82) is 0 Å². The van der Waals surface area contributed by atoms with Crippen LogP contribution in [0.15, 0.2) is 82.2 Å². The average Bonchev–Trinajstić information content (AvgIpc) is 3.38. The summed E-state index contributed by atoms with van der Waals surface area (Å²) in [6, 6.07) is 12.8. The topological polar surface area (TPSA) is 107 Å². The number of anilines is 1. The monoisotopic (exact) mass is 529 g/mol. The third kappa shape index (κ3) is 3.90. The average molecular weight is 530 g/mol. The molecular formula is C28H23N3O6S. The van der Waals surface area contributed by atoms with E-state index < -0.39 is 23.5 Å². The molecule has 38 heavy (non-hydrogen) atoms. The van der Waals surface area contributed by atoms with Crippen molar-refractivity contribution in [2.45, 2.75) is 13.0 Å². The first-order valence-corrected chi connectivity index (χ1v) is 12.5. The molecule has 1 unspecified atom stereocenters. The van der Waals surface area contributed by atoms with Gasteiger partial charge < -0.3 is 14.4 Å². The highest BCUT2D eigenvalue weighted by Gasteiger charge is 2.36. The van der Waals surface area contributed by atoms with Gasteiger partial charge in [0.25, 0.3) is 11.5 Å². The molecule has 0 fully saturated rings. The lowest BCUT2D eigenvalue weighted by Gasteiger charge is -2.24. The van der Waals surface area contributed by atoms with Crippen LogP contribution in [0.2, 0.25) is 0 Å². The molecular weight excluding hydrogens is 506 g/mol. The number of methoxy groups -OCH3 is 1. The van der Waals surface area contributed by atoms with E-state index in [0.29, 0.717) is 38.4 Å². The van der Waals surface area contributed by atoms with Crippen LogP contribution in [-0.4, -0.2) is 43.2 Å². The maximum atomic E-state index is 14.0. The van der Waals surface area contributed by atoms with Gasteiger partial charge in [-0.25, -0.2) is 14.6 Å². The highest BCUT2D eigenvalue weighted by Crippen LogP contribution is 2.34. The lowest BCUT2D eigenvalue weighted by Crippen LogP contribution is -2.40. The van der Waals surface area contributed by atoms with Gasteiger partial charge in [-0.3, -0.25) is 14.2 Å². The molecule has 1 aromatic heterocycles. The SMILES string of the molecule is C=CCOC(=O)C1=C(C)N=c2sc(=C3C(=O)N(C)c4ccccc43)c(=O)n2C1c1ccc(C(=O)OC)cc1. The number of likely N-dealkylation sites (N-methyl/N-ethyl adjacent to an activating group) is 1. The number of nitrogens with zero attached hydrogens (tertiary/aromatic N) is 3. The van der Waals surface area contributed by atoms with Crippen LogP contribution in [0.3, 0.4) is 0 Å². The van der Waals surface area contributed by atoms with Gasteiger partial charge in [-0.05, 0) is 30.7 Å². The Morgan fingerprint density at radius 2 is 1.82 bits per heavy atom. The third-order valence-electron chi connectivity index (χ3n) is 6.48. The summed E-state index contributed by atoms with van der Waals surface area (Å²) < 4.78 is 11.8. The van der Waals surface area contributed by atoms with E-state index in [-0.39, 0.29) is 22.6 Å². The van der Waals surface area contributed by atoms with Gasteiger partial charge in [-0.2, -0.15) is 0 Å². The van der Waals surface area contributed by atoms with Gasteiger partial charge in [0.1, 0.15) is 11.1 Å². The van der Waals surface area contributed by atoms with E-state index in [1.807, 2.05) is 18.2 Å². The molecule has 0 aliphatic carbocycles. The summed E-state index contributed by atoms with van der Waals surface area (Å²) in [6.45, 7) is 5.24. The van der Waals surface area contributed by atoms with Crippen molar-refractivity contribution in [2.75, 3.05) is 25.7 Å². The lowest BCUT2D eigenvalue weighted by molar-refractivity contribution is -0.138. The second kappa shape index (κ2) is 9.71. The Morgan fingerprint density at radius 1 is 1.11 bits per heavy atom. The predicted octanol–water partition coefficient (Wildman–Crippen LogP) is 2.10. The number of allylic oxidation sites excluding steroid dienone is 1. The van der Waals surface area contributed by atoms with Crippen molar-refractivity contribution in [3.8, 4) is 0 Å². The first-order chi connectivity index (χ1) is 18.3. The number of para-hydroxylation sites is 1. The summed E-state index contributed by atoms with van der Waals surface area (Å²) in [4.78, 5) is 58.8. The fourth-order valence-electron chi connectivity index (χ4n) is 4.67. The summed E-state index contributed by atoms with van der Waals surface area (Å²) in [5, 5.41) is 0. The van der Waals surface area contributed by atoms with E-state index in [2.05, 4.69) is 11.6 Å². The number of hydrogen-bond acceptors (Lipinski definition) is 8. The maximum Gasteiger partial charge on any atom is 0.338 e. The number of esters is 2. The fraction of sp³-hybridized carbons (Fsp3) is 0.179. The van der Waals surface area contributed by atoms with Crippen molar-refractivity contribution < 1.29 is 23.9 Å². The van der Waals surface area contributed by atoms with E-state index in [1.165, 1.54) is 22.7 Å². The molecule has 3 heterocycles. The van der Waals surface area contributed by atoms with E-state index in [4.69, 9.17) is 9.47 Å². The Morgan fingerprint density at radius 3 is 2.50 bits per heavy atom. The molecule has 0 radical (unpaired) electrons. The van der Waals surface area contributed by atoms with Crippen LogP contribution in [0.4, 0.5) is 5.69 Å². The molecule has 10 heteroatoms. The number of benzene rings is 2. The highest BCUT2D eigenvalue weighted by atomic mass is 32.1.